The zero-order valence-electron chi connectivity index (χ0n) is 11.0. The molecule has 2 atom stereocenters. The third kappa shape index (κ3) is 2.24. The van der Waals surface area contributed by atoms with Crippen LogP contribution in [-0.4, -0.2) is 14.7 Å². The fourth-order valence-corrected chi connectivity index (χ4v) is 2.60. The van der Waals surface area contributed by atoms with Crippen molar-refractivity contribution >= 4 is 0 Å². The topological polar surface area (TPSA) is 47.3 Å². The molecule has 2 aromatic rings. The highest BCUT2D eigenvalue weighted by Gasteiger charge is 2.29. The maximum atomic E-state index is 10.2. The standard InChI is InChI=1S/C15H18N2O2/c1-2-7-17-10-16-9-12(17)15-8-13(18)11-5-3-4-6-14(11)19-15/h3-6,9-10,13,15,18H,2,7-8H2,1H3/t13-,15?/m1/s1. The van der Waals surface area contributed by atoms with Gasteiger partial charge in [-0.1, -0.05) is 25.1 Å². The third-order valence-electron chi connectivity index (χ3n) is 3.52. The van der Waals surface area contributed by atoms with E-state index in [4.69, 9.17) is 4.74 Å². The van der Waals surface area contributed by atoms with E-state index in [1.165, 1.54) is 0 Å². The summed E-state index contributed by atoms with van der Waals surface area (Å²) in [6, 6.07) is 7.68. The summed E-state index contributed by atoms with van der Waals surface area (Å²) in [5, 5.41) is 10.2. The Morgan fingerprint density at radius 3 is 3.11 bits per heavy atom. The maximum absolute atomic E-state index is 10.2. The van der Waals surface area contributed by atoms with Crippen LogP contribution in [0.2, 0.25) is 0 Å². The molecule has 4 heteroatoms. The van der Waals surface area contributed by atoms with Gasteiger partial charge in [-0.25, -0.2) is 4.98 Å². The Bertz CT molecular complexity index is 565. The first-order chi connectivity index (χ1) is 9.29. The minimum Gasteiger partial charge on any atom is -0.484 e. The Hall–Kier alpha value is -1.81. The molecule has 1 aliphatic rings. The highest BCUT2D eigenvalue weighted by molar-refractivity contribution is 5.37. The maximum Gasteiger partial charge on any atom is 0.143 e. The SMILES string of the molecule is CCCn1cncc1C1C[C@@H](O)c2ccccc2O1. The number of ether oxygens (including phenoxy) is 1. The molecule has 0 fully saturated rings. The fraction of sp³-hybridized carbons (Fsp3) is 0.400. The van der Waals surface area contributed by atoms with Crippen molar-refractivity contribution in [2.75, 3.05) is 0 Å². The van der Waals surface area contributed by atoms with Gasteiger partial charge in [0.25, 0.3) is 0 Å². The minimum atomic E-state index is -0.472. The molecule has 2 heterocycles. The van der Waals surface area contributed by atoms with Crippen molar-refractivity contribution < 1.29 is 9.84 Å². The number of fused-ring (bicyclic) bond motifs is 1. The summed E-state index contributed by atoms with van der Waals surface area (Å²) in [6.07, 6.45) is 4.69. The molecule has 0 spiro atoms. The number of aliphatic hydroxyl groups excluding tert-OH is 1. The number of hydrogen-bond acceptors (Lipinski definition) is 3. The molecule has 0 saturated heterocycles. The van der Waals surface area contributed by atoms with Crippen molar-refractivity contribution in [2.24, 2.45) is 0 Å². The number of para-hydroxylation sites is 1. The summed E-state index contributed by atoms with van der Waals surface area (Å²) in [7, 11) is 0. The largest absolute Gasteiger partial charge is 0.484 e. The van der Waals surface area contributed by atoms with Gasteiger partial charge in [-0.3, -0.25) is 0 Å². The summed E-state index contributed by atoms with van der Waals surface area (Å²) >= 11 is 0. The number of nitrogens with zero attached hydrogens (tertiary/aromatic N) is 2. The summed E-state index contributed by atoms with van der Waals surface area (Å²) in [4.78, 5) is 4.20. The fourth-order valence-electron chi connectivity index (χ4n) is 2.60. The van der Waals surface area contributed by atoms with E-state index in [2.05, 4.69) is 16.5 Å². The molecule has 0 saturated carbocycles. The Kier molecular flexibility index (Phi) is 3.25. The molecule has 1 N–H and O–H groups in total. The van der Waals surface area contributed by atoms with Crippen molar-refractivity contribution in [3.63, 3.8) is 0 Å². The normalized spacial score (nSPS) is 21.8. The molecule has 0 aliphatic carbocycles. The first-order valence-electron chi connectivity index (χ1n) is 6.73. The predicted molar refractivity (Wildman–Crippen MR) is 71.9 cm³/mol. The Morgan fingerprint density at radius 1 is 1.42 bits per heavy atom. The van der Waals surface area contributed by atoms with Gasteiger partial charge in [0.15, 0.2) is 0 Å². The van der Waals surface area contributed by atoms with E-state index in [0.29, 0.717) is 6.42 Å². The van der Waals surface area contributed by atoms with Crippen LogP contribution in [0, 0.1) is 0 Å². The summed E-state index contributed by atoms with van der Waals surface area (Å²) < 4.78 is 8.12. The quantitative estimate of drug-likeness (QED) is 0.920. The lowest BCUT2D eigenvalue weighted by atomic mass is 9.98. The van der Waals surface area contributed by atoms with Crippen molar-refractivity contribution in [3.8, 4) is 5.75 Å². The molecule has 0 amide bonds. The van der Waals surface area contributed by atoms with Gasteiger partial charge >= 0.3 is 0 Å². The number of benzene rings is 1. The van der Waals surface area contributed by atoms with Crippen LogP contribution in [0.1, 0.15) is 43.2 Å². The summed E-state index contributed by atoms with van der Waals surface area (Å²) in [6.45, 7) is 3.06. The lowest BCUT2D eigenvalue weighted by Crippen LogP contribution is -2.21. The van der Waals surface area contributed by atoms with Crippen molar-refractivity contribution in [2.45, 2.75) is 38.5 Å². The van der Waals surface area contributed by atoms with E-state index < -0.39 is 6.10 Å². The van der Waals surface area contributed by atoms with Gasteiger partial charge in [0.05, 0.1) is 24.3 Å². The summed E-state index contributed by atoms with van der Waals surface area (Å²) in [5.41, 5.74) is 1.91. The van der Waals surface area contributed by atoms with E-state index in [1.54, 1.807) is 0 Å². The number of rotatable bonds is 3. The second-order valence-electron chi connectivity index (χ2n) is 4.91. The van der Waals surface area contributed by atoms with Crippen molar-refractivity contribution in [3.05, 3.63) is 48.0 Å². The predicted octanol–water partition coefficient (Wildman–Crippen LogP) is 2.85. The number of imidazole rings is 1. The molecule has 1 aromatic carbocycles. The lowest BCUT2D eigenvalue weighted by molar-refractivity contribution is 0.0618. The second kappa shape index (κ2) is 5.05. The van der Waals surface area contributed by atoms with E-state index in [-0.39, 0.29) is 6.10 Å². The van der Waals surface area contributed by atoms with Gasteiger partial charge in [-0.2, -0.15) is 0 Å². The first-order valence-corrected chi connectivity index (χ1v) is 6.73. The van der Waals surface area contributed by atoms with Crippen molar-refractivity contribution in [1.29, 1.82) is 0 Å². The smallest absolute Gasteiger partial charge is 0.143 e. The van der Waals surface area contributed by atoms with Crippen LogP contribution < -0.4 is 4.74 Å². The molecule has 1 aromatic heterocycles. The van der Waals surface area contributed by atoms with Crippen LogP contribution in [0.3, 0.4) is 0 Å². The Morgan fingerprint density at radius 2 is 2.26 bits per heavy atom. The Labute approximate surface area is 112 Å². The highest BCUT2D eigenvalue weighted by Crippen LogP contribution is 2.40. The molecule has 1 unspecified atom stereocenters. The number of hydrogen-bond donors (Lipinski definition) is 1. The molecule has 0 radical (unpaired) electrons. The van der Waals surface area contributed by atoms with Crippen LogP contribution in [0.15, 0.2) is 36.8 Å². The van der Waals surface area contributed by atoms with Gasteiger partial charge < -0.3 is 14.4 Å². The van der Waals surface area contributed by atoms with Gasteiger partial charge in [-0.05, 0) is 12.5 Å². The van der Waals surface area contributed by atoms with Gasteiger partial charge in [-0.15, -0.1) is 0 Å². The second-order valence-corrected chi connectivity index (χ2v) is 4.91. The van der Waals surface area contributed by atoms with Crippen molar-refractivity contribution in [1.82, 2.24) is 9.55 Å². The number of aromatic nitrogens is 2. The molecule has 100 valence electrons. The zero-order chi connectivity index (χ0) is 13.2. The Balaban J connectivity index is 1.90. The average molecular weight is 258 g/mol. The van der Waals surface area contributed by atoms with Crippen LogP contribution in [-0.2, 0) is 6.54 Å². The van der Waals surface area contributed by atoms with E-state index in [0.717, 1.165) is 30.0 Å². The van der Waals surface area contributed by atoms with Crippen LogP contribution in [0.4, 0.5) is 0 Å². The number of aryl methyl sites for hydroxylation is 1. The van der Waals surface area contributed by atoms with Gasteiger partial charge in [0, 0.05) is 18.5 Å². The lowest BCUT2D eigenvalue weighted by Gasteiger charge is -2.30. The molecule has 19 heavy (non-hydrogen) atoms. The monoisotopic (exact) mass is 258 g/mol. The van der Waals surface area contributed by atoms with E-state index in [9.17, 15) is 5.11 Å². The summed E-state index contributed by atoms with van der Waals surface area (Å²) in [5.74, 6) is 0.774. The number of aliphatic hydroxyl groups is 1. The van der Waals surface area contributed by atoms with Gasteiger partial charge in [0.2, 0.25) is 0 Å². The van der Waals surface area contributed by atoms with E-state index >= 15 is 0 Å². The zero-order valence-corrected chi connectivity index (χ0v) is 11.0. The van der Waals surface area contributed by atoms with Crippen LogP contribution >= 0.6 is 0 Å². The molecule has 3 rings (SSSR count). The minimum absolute atomic E-state index is 0.126. The first kappa shape index (κ1) is 12.2. The molecular weight excluding hydrogens is 240 g/mol. The molecule has 1 aliphatic heterocycles. The molecule has 0 bridgehead atoms. The van der Waals surface area contributed by atoms with E-state index in [1.807, 2.05) is 36.8 Å². The van der Waals surface area contributed by atoms with Crippen LogP contribution in [0.25, 0.3) is 0 Å². The van der Waals surface area contributed by atoms with Gasteiger partial charge in [0.1, 0.15) is 11.9 Å². The molecule has 4 nitrogen and oxygen atoms in total. The third-order valence-corrected chi connectivity index (χ3v) is 3.52. The molecular formula is C15H18N2O2. The van der Waals surface area contributed by atoms with Crippen LogP contribution in [0.5, 0.6) is 5.75 Å². The highest BCUT2D eigenvalue weighted by atomic mass is 16.5. The average Bonchev–Trinajstić information content (AvgIpc) is 2.87.